The average molecular weight is 447 g/mol. The van der Waals surface area contributed by atoms with E-state index in [0.717, 1.165) is 62.7 Å². The molecule has 0 unspecified atom stereocenters. The van der Waals surface area contributed by atoms with Crippen molar-refractivity contribution in [2.24, 2.45) is 28.6 Å². The van der Waals surface area contributed by atoms with E-state index in [1.807, 2.05) is 6.08 Å². The molecule has 3 fully saturated rings. The second-order valence-electron chi connectivity index (χ2n) is 11.1. The third kappa shape index (κ3) is 3.38. The summed E-state index contributed by atoms with van der Waals surface area (Å²) in [4.78, 5) is 0. The maximum Gasteiger partial charge on any atom is 0.416 e. The monoisotopic (exact) mass is 446 g/mol. The van der Waals surface area contributed by atoms with Crippen LogP contribution in [0.1, 0.15) is 69.9 Å². The summed E-state index contributed by atoms with van der Waals surface area (Å²) in [5.74, 6) is 1.45. The molecule has 5 rings (SSSR count). The topological polar surface area (TPSA) is 40.5 Å². The summed E-state index contributed by atoms with van der Waals surface area (Å²) in [6.45, 7) is 4.59. The SMILES string of the molecule is C[C@@]12CC[C@@H]3[C@H](CC=C4C[C@@H](O)CC[C@@]43C)[C@H]1C/C(=C/c1ccc(C(F)(F)F)cc1)[C@H]2O. The van der Waals surface area contributed by atoms with Crippen molar-refractivity contribution < 1.29 is 23.4 Å². The molecule has 5 heteroatoms. The van der Waals surface area contributed by atoms with Crippen molar-refractivity contribution in [3.63, 3.8) is 0 Å². The zero-order valence-electron chi connectivity index (χ0n) is 18.8. The molecule has 32 heavy (non-hydrogen) atoms. The van der Waals surface area contributed by atoms with Gasteiger partial charge in [0.15, 0.2) is 0 Å². The first kappa shape index (κ1) is 22.2. The zero-order chi connectivity index (χ0) is 22.9. The van der Waals surface area contributed by atoms with Gasteiger partial charge in [-0.3, -0.25) is 0 Å². The molecular weight excluding hydrogens is 413 g/mol. The standard InChI is InChI=1S/C27H33F3O2/c1-25-11-9-20(31)15-19(25)7-8-21-22(25)10-12-26(2)23(21)14-17(24(26)32)13-16-3-5-18(6-4-16)27(28,29)30/h3-7,13,20-24,31-32H,8-12,14-15H2,1-2H3/b17-13-/t20-,21-,22+,23+,24+,25-,26+/m0/s1. The van der Waals surface area contributed by atoms with Crippen LogP contribution in [-0.2, 0) is 6.18 Å². The average Bonchev–Trinajstić information content (AvgIpc) is 2.99. The molecule has 1 aromatic carbocycles. The van der Waals surface area contributed by atoms with Gasteiger partial charge in [-0.1, -0.05) is 43.7 Å². The van der Waals surface area contributed by atoms with E-state index in [-0.39, 0.29) is 16.9 Å². The third-order valence-electron chi connectivity index (χ3n) is 9.54. The molecule has 4 aliphatic rings. The summed E-state index contributed by atoms with van der Waals surface area (Å²) in [6.07, 6.45) is 5.73. The van der Waals surface area contributed by atoms with Crippen LogP contribution in [-0.4, -0.2) is 22.4 Å². The minimum atomic E-state index is -4.34. The minimum absolute atomic E-state index is 0.147. The third-order valence-corrected chi connectivity index (χ3v) is 9.54. The molecule has 2 N–H and O–H groups in total. The highest BCUT2D eigenvalue weighted by molar-refractivity contribution is 5.56. The van der Waals surface area contributed by atoms with Gasteiger partial charge < -0.3 is 10.2 Å². The molecule has 0 amide bonds. The summed E-state index contributed by atoms with van der Waals surface area (Å²) in [7, 11) is 0. The molecule has 2 nitrogen and oxygen atoms in total. The Balaban J connectivity index is 1.42. The van der Waals surface area contributed by atoms with Gasteiger partial charge >= 0.3 is 6.18 Å². The minimum Gasteiger partial charge on any atom is -0.393 e. The van der Waals surface area contributed by atoms with E-state index in [1.165, 1.54) is 17.7 Å². The number of alkyl halides is 3. The highest BCUT2D eigenvalue weighted by Gasteiger charge is 2.59. The molecule has 1 aromatic rings. The van der Waals surface area contributed by atoms with Crippen molar-refractivity contribution in [1.29, 1.82) is 0 Å². The molecule has 0 saturated heterocycles. The van der Waals surface area contributed by atoms with Crippen LogP contribution < -0.4 is 0 Å². The lowest BCUT2D eigenvalue weighted by atomic mass is 9.48. The summed E-state index contributed by atoms with van der Waals surface area (Å²) >= 11 is 0. The van der Waals surface area contributed by atoms with Gasteiger partial charge in [0.25, 0.3) is 0 Å². The predicted octanol–water partition coefficient (Wildman–Crippen LogP) is 6.38. The molecule has 0 aliphatic heterocycles. The number of allylic oxidation sites excluding steroid dienone is 1. The summed E-state index contributed by atoms with van der Waals surface area (Å²) in [5, 5.41) is 21.5. The molecule has 0 spiro atoms. The van der Waals surface area contributed by atoms with E-state index in [0.29, 0.717) is 23.3 Å². The molecule has 4 aliphatic carbocycles. The highest BCUT2D eigenvalue weighted by atomic mass is 19.4. The fourth-order valence-electron chi connectivity index (χ4n) is 7.62. The van der Waals surface area contributed by atoms with Gasteiger partial charge in [0.2, 0.25) is 0 Å². The van der Waals surface area contributed by atoms with Gasteiger partial charge in [0.1, 0.15) is 0 Å². The molecular formula is C27H33F3O2. The molecule has 174 valence electrons. The molecule has 0 aromatic heterocycles. The number of rotatable bonds is 1. The quantitative estimate of drug-likeness (QED) is 0.491. The number of benzene rings is 1. The molecule has 0 radical (unpaired) electrons. The van der Waals surface area contributed by atoms with Crippen molar-refractivity contribution >= 4 is 6.08 Å². The largest absolute Gasteiger partial charge is 0.416 e. The molecule has 0 bridgehead atoms. The van der Waals surface area contributed by atoms with Crippen LogP contribution in [0.5, 0.6) is 0 Å². The normalized spacial score (nSPS) is 42.8. The lowest BCUT2D eigenvalue weighted by molar-refractivity contribution is -0.137. The van der Waals surface area contributed by atoms with Crippen LogP contribution in [0.25, 0.3) is 6.08 Å². The Bertz CT molecular complexity index is 947. The smallest absolute Gasteiger partial charge is 0.393 e. The molecule has 0 heterocycles. The van der Waals surface area contributed by atoms with Crippen molar-refractivity contribution in [2.75, 3.05) is 0 Å². The van der Waals surface area contributed by atoms with Gasteiger partial charge in [0.05, 0.1) is 17.8 Å². The lowest BCUT2D eigenvalue weighted by Crippen LogP contribution is -2.51. The molecule has 7 atom stereocenters. The van der Waals surface area contributed by atoms with Crippen LogP contribution in [0, 0.1) is 28.6 Å². The lowest BCUT2D eigenvalue weighted by Gasteiger charge is -2.57. The van der Waals surface area contributed by atoms with Crippen molar-refractivity contribution in [3.8, 4) is 0 Å². The van der Waals surface area contributed by atoms with Crippen LogP contribution in [0.3, 0.4) is 0 Å². The van der Waals surface area contributed by atoms with Crippen LogP contribution in [0.15, 0.2) is 41.5 Å². The van der Waals surface area contributed by atoms with Crippen LogP contribution in [0.2, 0.25) is 0 Å². The summed E-state index contributed by atoms with van der Waals surface area (Å²) < 4.78 is 38.7. The van der Waals surface area contributed by atoms with E-state index in [2.05, 4.69) is 19.9 Å². The number of fused-ring (bicyclic) bond motifs is 5. The number of aliphatic hydroxyl groups excluding tert-OH is 2. The first-order chi connectivity index (χ1) is 15.0. The Morgan fingerprint density at radius 3 is 2.38 bits per heavy atom. The Hall–Kier alpha value is -1.59. The van der Waals surface area contributed by atoms with Gasteiger partial charge in [-0.25, -0.2) is 0 Å². The van der Waals surface area contributed by atoms with Crippen molar-refractivity contribution in [1.82, 2.24) is 0 Å². The summed E-state index contributed by atoms with van der Waals surface area (Å²) in [6, 6.07) is 5.23. The van der Waals surface area contributed by atoms with Gasteiger partial charge in [-0.15, -0.1) is 0 Å². The number of aliphatic hydroxyl groups is 2. The second-order valence-corrected chi connectivity index (χ2v) is 11.1. The Kier molecular flexibility index (Phi) is 5.18. The van der Waals surface area contributed by atoms with Crippen molar-refractivity contribution in [3.05, 3.63) is 52.6 Å². The van der Waals surface area contributed by atoms with Crippen LogP contribution >= 0.6 is 0 Å². The summed E-state index contributed by atoms with van der Waals surface area (Å²) in [5.41, 5.74) is 2.41. The van der Waals surface area contributed by atoms with E-state index in [4.69, 9.17) is 0 Å². The number of halogens is 3. The van der Waals surface area contributed by atoms with E-state index in [1.54, 1.807) is 0 Å². The fraction of sp³-hybridized carbons (Fsp3) is 0.630. The zero-order valence-corrected chi connectivity index (χ0v) is 18.8. The maximum absolute atomic E-state index is 12.9. The number of hydrogen-bond acceptors (Lipinski definition) is 2. The second kappa shape index (κ2) is 7.46. The Morgan fingerprint density at radius 2 is 1.69 bits per heavy atom. The van der Waals surface area contributed by atoms with E-state index in [9.17, 15) is 23.4 Å². The Labute approximate surface area is 188 Å². The fourth-order valence-corrected chi connectivity index (χ4v) is 7.62. The van der Waals surface area contributed by atoms with E-state index < -0.39 is 17.8 Å². The highest BCUT2D eigenvalue weighted by Crippen LogP contribution is 2.65. The van der Waals surface area contributed by atoms with Crippen LogP contribution in [0.4, 0.5) is 13.2 Å². The van der Waals surface area contributed by atoms with Gasteiger partial charge in [0, 0.05) is 5.41 Å². The predicted molar refractivity (Wildman–Crippen MR) is 119 cm³/mol. The Morgan fingerprint density at radius 1 is 0.969 bits per heavy atom. The van der Waals surface area contributed by atoms with E-state index >= 15 is 0 Å². The first-order valence-electron chi connectivity index (χ1n) is 12.0. The van der Waals surface area contributed by atoms with Gasteiger partial charge in [-0.05, 0) is 91.4 Å². The molecule has 3 saturated carbocycles. The maximum atomic E-state index is 12.9. The van der Waals surface area contributed by atoms with Gasteiger partial charge in [-0.2, -0.15) is 13.2 Å². The first-order valence-corrected chi connectivity index (χ1v) is 12.0. The van der Waals surface area contributed by atoms with Crippen molar-refractivity contribution in [2.45, 2.75) is 77.2 Å². The number of hydrogen-bond donors (Lipinski definition) is 2.